The predicted molar refractivity (Wildman–Crippen MR) is 208 cm³/mol. The second-order valence-electron chi connectivity index (χ2n) is 14.1. The van der Waals surface area contributed by atoms with Crippen LogP contribution in [0.15, 0.2) is 138 Å². The summed E-state index contributed by atoms with van der Waals surface area (Å²) in [6.07, 6.45) is 5.57. The molecule has 262 valence electrons. The van der Waals surface area contributed by atoms with Gasteiger partial charge in [0, 0.05) is 78.7 Å². The van der Waals surface area contributed by atoms with Gasteiger partial charge in [0.15, 0.2) is 0 Å². The summed E-state index contributed by atoms with van der Waals surface area (Å²) in [5, 5.41) is 4.42. The number of para-hydroxylation sites is 2. The molecule has 0 unspecified atom stereocenters. The molecule has 0 atom stereocenters. The van der Waals surface area contributed by atoms with Crippen LogP contribution in [-0.2, 0) is 26.5 Å². The maximum Gasteiger partial charge on any atom is 0.137 e. The average Bonchev–Trinajstić information content (AvgIpc) is 3.84. The number of anilines is 4. The van der Waals surface area contributed by atoms with Gasteiger partial charge in [-0.15, -0.1) is 48.1 Å². The number of hydrogen-bond donors (Lipinski definition) is 0. The number of benzene rings is 5. The summed E-state index contributed by atoms with van der Waals surface area (Å²) in [4.78, 5) is 13.5. The van der Waals surface area contributed by atoms with Crippen molar-refractivity contribution in [3.63, 3.8) is 0 Å². The fraction of sp³-hybridized carbons (Fsp3) is 0.0889. The first-order chi connectivity index (χ1) is 25.4. The molecule has 8 heteroatoms. The standard InChI is InChI=1S/C45H32N5O2.Pt/c1-45(2,3)29-19-22-47-44(23-29)50-38-13-6-4-11-34(38)35-18-16-33(26-40(35)50)51-32-10-8-9-30(24-32)48-28-49(41-27-46-21-20-39(41)48)31-15-17-37-36-12-5-7-14-42(36)52-43(37)25-31;/h4-23,25,27-28H,1-3H3;/q-3;. The van der Waals surface area contributed by atoms with E-state index in [4.69, 9.17) is 14.1 Å². The summed E-state index contributed by atoms with van der Waals surface area (Å²) in [7, 11) is 0. The Labute approximate surface area is 321 Å². The van der Waals surface area contributed by atoms with Crippen molar-refractivity contribution in [2.45, 2.75) is 26.2 Å². The van der Waals surface area contributed by atoms with E-state index in [1.165, 1.54) is 5.56 Å². The topological polar surface area (TPSA) is 59.6 Å². The van der Waals surface area contributed by atoms with Crippen molar-refractivity contribution in [2.24, 2.45) is 0 Å². The molecule has 7 nitrogen and oxygen atoms in total. The number of nitrogens with zero attached hydrogens (tertiary/aromatic N) is 5. The molecule has 1 aliphatic rings. The van der Waals surface area contributed by atoms with Gasteiger partial charge in [-0.25, -0.2) is 4.98 Å². The van der Waals surface area contributed by atoms with Crippen LogP contribution in [0.25, 0.3) is 49.6 Å². The molecule has 0 aliphatic carbocycles. The molecule has 10 rings (SSSR count). The van der Waals surface area contributed by atoms with Crippen LogP contribution in [0.3, 0.4) is 0 Å². The average molecular weight is 870 g/mol. The van der Waals surface area contributed by atoms with Crippen molar-refractivity contribution in [1.82, 2.24) is 14.5 Å². The SMILES string of the molecule is CC(C)(C)c1ccnc(-n2c3[c-]c(Oc4[c-]c(N5[CH-]N(c6ccc7c(c6)oc6ccccc67)c6cnccc65)ccc4)ccc3c3ccccc32)c1.[Pt]. The zero-order valence-electron chi connectivity index (χ0n) is 29.1. The minimum atomic E-state index is -0.0156. The van der Waals surface area contributed by atoms with Crippen LogP contribution >= 0.6 is 0 Å². The van der Waals surface area contributed by atoms with Gasteiger partial charge in [-0.1, -0.05) is 62.7 Å². The van der Waals surface area contributed by atoms with Crippen molar-refractivity contribution < 1.29 is 30.2 Å². The van der Waals surface area contributed by atoms with E-state index in [1.807, 2.05) is 60.9 Å². The second-order valence-corrected chi connectivity index (χ2v) is 14.1. The first-order valence-electron chi connectivity index (χ1n) is 17.3. The maximum atomic E-state index is 6.50. The van der Waals surface area contributed by atoms with Crippen LogP contribution in [0.4, 0.5) is 22.7 Å². The van der Waals surface area contributed by atoms with Crippen LogP contribution in [0, 0.1) is 18.8 Å². The van der Waals surface area contributed by atoms with Gasteiger partial charge in [0.25, 0.3) is 0 Å². The van der Waals surface area contributed by atoms with Crippen molar-refractivity contribution in [2.75, 3.05) is 9.80 Å². The van der Waals surface area contributed by atoms with Crippen molar-refractivity contribution in [1.29, 1.82) is 0 Å². The minimum absolute atomic E-state index is 0. The van der Waals surface area contributed by atoms with Crippen LogP contribution in [0.1, 0.15) is 26.3 Å². The van der Waals surface area contributed by atoms with Gasteiger partial charge in [-0.3, -0.25) is 4.98 Å². The van der Waals surface area contributed by atoms with Gasteiger partial charge in [0.05, 0.1) is 11.9 Å². The third-order valence-corrected chi connectivity index (χ3v) is 9.80. The molecule has 0 radical (unpaired) electrons. The fourth-order valence-electron chi connectivity index (χ4n) is 7.20. The molecule has 0 N–H and O–H groups in total. The Kier molecular flexibility index (Phi) is 7.86. The number of fused-ring (bicyclic) bond motifs is 7. The third kappa shape index (κ3) is 5.55. The molecule has 53 heavy (non-hydrogen) atoms. The monoisotopic (exact) mass is 869 g/mol. The Morgan fingerprint density at radius 2 is 1.47 bits per heavy atom. The Bertz CT molecular complexity index is 2830. The molecule has 0 bridgehead atoms. The summed E-state index contributed by atoms with van der Waals surface area (Å²) in [5.41, 5.74) is 8.61. The smallest absolute Gasteiger partial charge is 0.137 e. The molecule has 1 aliphatic heterocycles. The van der Waals surface area contributed by atoms with Gasteiger partial charge in [0.2, 0.25) is 0 Å². The van der Waals surface area contributed by atoms with Gasteiger partial charge in [-0.2, -0.15) is 12.1 Å². The van der Waals surface area contributed by atoms with E-state index < -0.39 is 0 Å². The number of pyridine rings is 2. The number of aromatic nitrogens is 3. The van der Waals surface area contributed by atoms with E-state index >= 15 is 0 Å². The van der Waals surface area contributed by atoms with E-state index in [9.17, 15) is 0 Å². The summed E-state index contributed by atoms with van der Waals surface area (Å²) in [6, 6.07) is 46.2. The number of furan rings is 1. The van der Waals surface area contributed by atoms with Gasteiger partial charge in [0.1, 0.15) is 17.0 Å². The van der Waals surface area contributed by atoms with Crippen LogP contribution in [0.5, 0.6) is 11.5 Å². The Morgan fingerprint density at radius 3 is 2.36 bits per heavy atom. The summed E-state index contributed by atoms with van der Waals surface area (Å²) in [6.45, 7) is 8.71. The van der Waals surface area contributed by atoms with E-state index in [-0.39, 0.29) is 26.5 Å². The second kappa shape index (κ2) is 12.6. The normalized spacial score (nSPS) is 12.9. The molecule has 0 fully saturated rings. The summed E-state index contributed by atoms with van der Waals surface area (Å²) < 4.78 is 14.9. The zero-order chi connectivity index (χ0) is 35.0. The Hall–Kier alpha value is -5.91. The minimum Gasteiger partial charge on any atom is -0.509 e. The Morgan fingerprint density at radius 1 is 0.679 bits per heavy atom. The number of hydrogen-bond acceptors (Lipinski definition) is 6. The molecule has 9 aromatic rings. The molecule has 5 aromatic carbocycles. The predicted octanol–water partition coefficient (Wildman–Crippen LogP) is 11.6. The van der Waals surface area contributed by atoms with Crippen molar-refractivity contribution >= 4 is 66.5 Å². The van der Waals surface area contributed by atoms with Gasteiger partial charge in [-0.05, 0) is 58.8 Å². The largest absolute Gasteiger partial charge is 0.509 e. The van der Waals surface area contributed by atoms with Crippen LogP contribution in [0.2, 0.25) is 0 Å². The maximum absolute atomic E-state index is 6.50. The van der Waals surface area contributed by atoms with Gasteiger partial charge < -0.3 is 23.5 Å². The third-order valence-electron chi connectivity index (χ3n) is 9.80. The summed E-state index contributed by atoms with van der Waals surface area (Å²) in [5.74, 6) is 2.02. The van der Waals surface area contributed by atoms with Crippen LogP contribution in [-0.4, -0.2) is 14.5 Å². The van der Waals surface area contributed by atoms with E-state index in [2.05, 4.69) is 126 Å². The van der Waals surface area contributed by atoms with E-state index in [0.29, 0.717) is 11.5 Å². The zero-order valence-corrected chi connectivity index (χ0v) is 31.4. The number of rotatable bonds is 5. The van der Waals surface area contributed by atoms with Crippen LogP contribution < -0.4 is 14.5 Å². The fourth-order valence-corrected chi connectivity index (χ4v) is 7.20. The first kappa shape index (κ1) is 33.0. The summed E-state index contributed by atoms with van der Waals surface area (Å²) >= 11 is 0. The molecule has 0 saturated carbocycles. The van der Waals surface area contributed by atoms with E-state index in [0.717, 1.165) is 72.3 Å². The first-order valence-corrected chi connectivity index (χ1v) is 17.3. The van der Waals surface area contributed by atoms with Crippen molar-refractivity contribution in [3.8, 4) is 17.3 Å². The van der Waals surface area contributed by atoms with Crippen molar-refractivity contribution in [3.05, 3.63) is 158 Å². The molecule has 0 amide bonds. The molecule has 0 saturated heterocycles. The Balaban J connectivity index is 0.00000372. The molecule has 0 spiro atoms. The number of ether oxygens (including phenoxy) is 1. The molecule has 4 aromatic heterocycles. The molecular formula is C45H32N5O2Pt-3. The van der Waals surface area contributed by atoms with Gasteiger partial charge >= 0.3 is 0 Å². The molecule has 5 heterocycles. The molecular weight excluding hydrogens is 838 g/mol. The quantitative estimate of drug-likeness (QED) is 0.161. The van der Waals surface area contributed by atoms with E-state index in [1.54, 1.807) is 6.20 Å².